The van der Waals surface area contributed by atoms with Gasteiger partial charge in [0, 0.05) is 41.6 Å². The Bertz CT molecular complexity index is 1730. The highest BCUT2D eigenvalue weighted by Crippen LogP contribution is 2.41. The minimum Gasteiger partial charge on any atom is -0.496 e. The SMILES string of the molecule is COc1ccccc1SCC1CC(c2ccc(CO)cc2)OC(c2ccc(-c3ccccc3CNC(=O)c3cccnc3)cc2)O1. The highest BCUT2D eigenvalue weighted by Gasteiger charge is 2.32. The van der Waals surface area contributed by atoms with E-state index in [1.54, 1.807) is 43.4 Å². The van der Waals surface area contributed by atoms with Crippen molar-refractivity contribution in [1.82, 2.24) is 10.3 Å². The summed E-state index contributed by atoms with van der Waals surface area (Å²) < 4.78 is 18.7. The lowest BCUT2D eigenvalue weighted by Crippen LogP contribution is -2.31. The van der Waals surface area contributed by atoms with Crippen molar-refractivity contribution in [3.05, 3.63) is 149 Å². The molecule has 3 atom stereocenters. The third kappa shape index (κ3) is 7.66. The van der Waals surface area contributed by atoms with Crippen molar-refractivity contribution in [3.63, 3.8) is 0 Å². The van der Waals surface area contributed by atoms with Crippen LogP contribution in [0.1, 0.15) is 51.4 Å². The summed E-state index contributed by atoms with van der Waals surface area (Å²) in [6.07, 6.45) is 3.12. The van der Waals surface area contributed by atoms with Gasteiger partial charge in [-0.25, -0.2) is 0 Å². The third-order valence-electron chi connectivity index (χ3n) is 7.98. The van der Waals surface area contributed by atoms with Crippen molar-refractivity contribution in [2.75, 3.05) is 12.9 Å². The zero-order chi connectivity index (χ0) is 31.7. The Balaban J connectivity index is 1.19. The van der Waals surface area contributed by atoms with E-state index in [0.29, 0.717) is 18.5 Å². The number of para-hydroxylation sites is 1. The molecule has 7 nitrogen and oxygen atoms in total. The average Bonchev–Trinajstić information content (AvgIpc) is 3.13. The second kappa shape index (κ2) is 15.2. The number of hydrogen-bond donors (Lipinski definition) is 2. The summed E-state index contributed by atoms with van der Waals surface area (Å²) in [5.41, 5.74) is 6.45. The number of pyridine rings is 1. The number of methoxy groups -OCH3 is 1. The van der Waals surface area contributed by atoms with Crippen LogP contribution in [0.5, 0.6) is 5.75 Å². The van der Waals surface area contributed by atoms with Gasteiger partial charge in [0.25, 0.3) is 5.91 Å². The van der Waals surface area contributed by atoms with Crippen molar-refractivity contribution in [3.8, 4) is 16.9 Å². The number of thioether (sulfide) groups is 1. The summed E-state index contributed by atoms with van der Waals surface area (Å²) >= 11 is 1.71. The Morgan fingerprint density at radius 2 is 1.67 bits per heavy atom. The summed E-state index contributed by atoms with van der Waals surface area (Å²) in [6, 6.07) is 35.7. The molecule has 1 aliphatic rings. The Morgan fingerprint density at radius 1 is 0.913 bits per heavy atom. The number of nitrogens with one attached hydrogen (secondary N) is 1. The van der Waals surface area contributed by atoms with E-state index in [1.165, 1.54) is 0 Å². The van der Waals surface area contributed by atoms with Crippen molar-refractivity contribution in [2.24, 2.45) is 0 Å². The molecule has 2 heterocycles. The monoisotopic (exact) mass is 632 g/mol. The molecule has 3 unspecified atom stereocenters. The molecule has 1 saturated heterocycles. The number of amides is 1. The van der Waals surface area contributed by atoms with Gasteiger partial charge in [-0.1, -0.05) is 84.9 Å². The van der Waals surface area contributed by atoms with Crippen molar-refractivity contribution in [2.45, 2.75) is 43.0 Å². The number of aromatic nitrogens is 1. The maximum atomic E-state index is 12.6. The molecule has 0 spiro atoms. The quantitative estimate of drug-likeness (QED) is 0.146. The molecule has 8 heteroatoms. The van der Waals surface area contributed by atoms with Crippen LogP contribution in [0.4, 0.5) is 0 Å². The first-order valence-corrected chi connectivity index (χ1v) is 16.2. The van der Waals surface area contributed by atoms with Crippen LogP contribution in [0.2, 0.25) is 0 Å². The minimum atomic E-state index is -0.553. The van der Waals surface area contributed by atoms with Gasteiger partial charge in [-0.15, -0.1) is 11.8 Å². The summed E-state index contributed by atoms with van der Waals surface area (Å²) in [7, 11) is 1.69. The Hall–Kier alpha value is -4.47. The van der Waals surface area contributed by atoms with Crippen molar-refractivity contribution >= 4 is 17.7 Å². The molecule has 46 heavy (non-hydrogen) atoms. The first-order valence-electron chi connectivity index (χ1n) is 15.2. The molecule has 1 amide bonds. The topological polar surface area (TPSA) is 89.9 Å². The zero-order valence-corrected chi connectivity index (χ0v) is 26.4. The number of nitrogens with zero attached hydrogens (tertiary/aromatic N) is 1. The van der Waals surface area contributed by atoms with Crippen LogP contribution in [0.15, 0.2) is 126 Å². The predicted octanol–water partition coefficient (Wildman–Crippen LogP) is 7.52. The number of carbonyl (C=O) groups excluding carboxylic acids is 1. The van der Waals surface area contributed by atoms with Gasteiger partial charge in [0.15, 0.2) is 6.29 Å². The molecule has 0 bridgehead atoms. The zero-order valence-electron chi connectivity index (χ0n) is 25.5. The normalized spacial score (nSPS) is 17.7. The maximum Gasteiger partial charge on any atom is 0.253 e. The van der Waals surface area contributed by atoms with Gasteiger partial charge in [0.05, 0.1) is 31.5 Å². The Morgan fingerprint density at radius 3 is 2.43 bits per heavy atom. The highest BCUT2D eigenvalue weighted by atomic mass is 32.2. The number of hydrogen-bond acceptors (Lipinski definition) is 7. The van der Waals surface area contributed by atoms with Gasteiger partial charge >= 0.3 is 0 Å². The molecular formula is C38H36N2O5S. The molecule has 0 radical (unpaired) electrons. The number of aliphatic hydroxyl groups is 1. The van der Waals surface area contributed by atoms with Crippen LogP contribution in [-0.4, -0.2) is 35.0 Å². The predicted molar refractivity (Wildman–Crippen MR) is 179 cm³/mol. The van der Waals surface area contributed by atoms with E-state index >= 15 is 0 Å². The van der Waals surface area contributed by atoms with E-state index in [1.807, 2.05) is 72.8 Å². The molecule has 1 fully saturated rings. The fourth-order valence-corrected chi connectivity index (χ4v) is 6.54. The lowest BCUT2D eigenvalue weighted by Gasteiger charge is -2.36. The van der Waals surface area contributed by atoms with Gasteiger partial charge in [0.1, 0.15) is 5.75 Å². The lowest BCUT2D eigenvalue weighted by atomic mass is 9.97. The number of rotatable bonds is 11. The van der Waals surface area contributed by atoms with Crippen molar-refractivity contribution in [1.29, 1.82) is 0 Å². The van der Waals surface area contributed by atoms with Gasteiger partial charge in [-0.2, -0.15) is 0 Å². The van der Waals surface area contributed by atoms with Crippen LogP contribution in [0.3, 0.4) is 0 Å². The minimum absolute atomic E-state index is 0.00205. The van der Waals surface area contributed by atoms with E-state index in [-0.39, 0.29) is 24.7 Å². The van der Waals surface area contributed by atoms with E-state index in [4.69, 9.17) is 14.2 Å². The second-order valence-corrected chi connectivity index (χ2v) is 12.1. The fourth-order valence-electron chi connectivity index (χ4n) is 5.49. The second-order valence-electron chi connectivity index (χ2n) is 11.0. The first kappa shape index (κ1) is 31.5. The number of benzene rings is 4. The number of ether oxygens (including phenoxy) is 3. The number of aliphatic hydroxyl groups excluding tert-OH is 1. The van der Waals surface area contributed by atoms with Crippen LogP contribution in [0, 0.1) is 0 Å². The van der Waals surface area contributed by atoms with Gasteiger partial charge in [0.2, 0.25) is 0 Å². The van der Waals surface area contributed by atoms with E-state index in [0.717, 1.165) is 49.8 Å². The first-order chi connectivity index (χ1) is 22.6. The Labute approximate surface area is 273 Å². The summed E-state index contributed by atoms with van der Waals surface area (Å²) in [5, 5.41) is 12.5. The summed E-state index contributed by atoms with van der Waals surface area (Å²) in [4.78, 5) is 17.7. The largest absolute Gasteiger partial charge is 0.496 e. The average molecular weight is 633 g/mol. The fraction of sp³-hybridized carbons (Fsp3) is 0.211. The summed E-state index contributed by atoms with van der Waals surface area (Å²) in [6.45, 7) is 0.394. The van der Waals surface area contributed by atoms with Crippen LogP contribution >= 0.6 is 11.8 Å². The van der Waals surface area contributed by atoms with Crippen LogP contribution in [-0.2, 0) is 22.6 Å². The van der Waals surface area contributed by atoms with Crippen LogP contribution < -0.4 is 10.1 Å². The molecule has 1 aromatic heterocycles. The van der Waals surface area contributed by atoms with Gasteiger partial charge in [-0.3, -0.25) is 9.78 Å². The molecule has 234 valence electrons. The van der Waals surface area contributed by atoms with E-state index in [9.17, 15) is 9.90 Å². The molecule has 4 aromatic carbocycles. The molecule has 6 rings (SSSR count). The smallest absolute Gasteiger partial charge is 0.253 e. The molecule has 0 aliphatic carbocycles. The van der Waals surface area contributed by atoms with Crippen LogP contribution in [0.25, 0.3) is 11.1 Å². The van der Waals surface area contributed by atoms with Gasteiger partial charge < -0.3 is 24.6 Å². The molecule has 2 N–H and O–H groups in total. The van der Waals surface area contributed by atoms with E-state index in [2.05, 4.69) is 34.6 Å². The molecule has 1 aliphatic heterocycles. The highest BCUT2D eigenvalue weighted by molar-refractivity contribution is 7.99. The van der Waals surface area contributed by atoms with Gasteiger partial charge in [-0.05, 0) is 52.1 Å². The Kier molecular flexibility index (Phi) is 10.4. The van der Waals surface area contributed by atoms with E-state index < -0.39 is 6.29 Å². The maximum absolute atomic E-state index is 12.6. The molecule has 5 aromatic rings. The van der Waals surface area contributed by atoms with Crippen molar-refractivity contribution < 1.29 is 24.1 Å². The third-order valence-corrected chi connectivity index (χ3v) is 9.17. The number of carbonyl (C=O) groups is 1. The molecular weight excluding hydrogens is 596 g/mol. The lowest BCUT2D eigenvalue weighted by molar-refractivity contribution is -0.245. The standard InChI is InChI=1S/C38H36N2O5S/c1-43-34-10-4-5-11-36(34)46-25-32-21-35(28-14-12-26(24-41)13-15-28)45-38(44-32)29-18-16-27(17-19-29)33-9-3-2-7-30(33)23-40-37(42)31-8-6-20-39-22-31/h2-20,22,32,35,38,41H,21,23-25H2,1H3,(H,40,42). The summed E-state index contributed by atoms with van der Waals surface area (Å²) in [5.74, 6) is 1.42. The molecule has 0 saturated carbocycles.